The zero-order valence-electron chi connectivity index (χ0n) is 21.2. The van der Waals surface area contributed by atoms with Crippen LogP contribution in [0, 0.1) is 20.8 Å². The fourth-order valence-electron chi connectivity index (χ4n) is 4.34. The first-order chi connectivity index (χ1) is 15.3. The maximum atomic E-state index is 13.2. The highest BCUT2D eigenvalue weighted by atomic mass is 32.2. The number of nitrogens with zero attached hydrogens (tertiary/aromatic N) is 2. The van der Waals surface area contributed by atoms with Crippen LogP contribution in [0.2, 0.25) is 0 Å². The van der Waals surface area contributed by atoms with Gasteiger partial charge in [-0.15, -0.1) is 0 Å². The first kappa shape index (κ1) is 27.0. The molecule has 9 heteroatoms. The Bertz CT molecular complexity index is 1020. The van der Waals surface area contributed by atoms with Gasteiger partial charge in [-0.2, -0.15) is 0 Å². The topological polar surface area (TPSA) is 114 Å². The van der Waals surface area contributed by atoms with Crippen molar-refractivity contribution in [3.63, 3.8) is 0 Å². The van der Waals surface area contributed by atoms with Crippen molar-refractivity contribution in [2.75, 3.05) is 19.6 Å². The van der Waals surface area contributed by atoms with Crippen LogP contribution in [0.1, 0.15) is 75.6 Å². The van der Waals surface area contributed by atoms with Crippen LogP contribution in [-0.2, 0) is 21.2 Å². The Morgan fingerprint density at radius 3 is 2.42 bits per heavy atom. The van der Waals surface area contributed by atoms with Gasteiger partial charge in [0.2, 0.25) is 11.9 Å². The summed E-state index contributed by atoms with van der Waals surface area (Å²) in [5.41, 5.74) is 8.62. The van der Waals surface area contributed by atoms with Gasteiger partial charge in [0.05, 0.1) is 4.90 Å². The van der Waals surface area contributed by atoms with Gasteiger partial charge in [-0.3, -0.25) is 9.79 Å². The fraction of sp³-hybridized carbons (Fsp3) is 0.667. The number of guanidine groups is 1. The summed E-state index contributed by atoms with van der Waals surface area (Å²) < 4.78 is 34.9. The van der Waals surface area contributed by atoms with E-state index < -0.39 is 10.0 Å². The molecule has 0 radical (unpaired) electrons. The van der Waals surface area contributed by atoms with Gasteiger partial charge in [0.25, 0.3) is 10.0 Å². The van der Waals surface area contributed by atoms with E-state index in [0.717, 1.165) is 29.8 Å². The van der Waals surface area contributed by atoms with Crippen molar-refractivity contribution >= 4 is 21.9 Å². The molecule has 0 saturated heterocycles. The Morgan fingerprint density at radius 2 is 1.82 bits per heavy atom. The van der Waals surface area contributed by atoms with Crippen LogP contribution in [0.3, 0.4) is 0 Å². The van der Waals surface area contributed by atoms with Crippen molar-refractivity contribution in [2.45, 2.75) is 91.1 Å². The molecule has 0 spiro atoms. The van der Waals surface area contributed by atoms with Crippen molar-refractivity contribution in [2.24, 2.45) is 10.7 Å². The number of rotatable bonds is 10. The minimum atomic E-state index is -3.90. The van der Waals surface area contributed by atoms with Crippen molar-refractivity contribution in [1.82, 2.24) is 9.62 Å². The number of carbonyl (C=O) groups is 1. The number of sulfonamides is 1. The lowest BCUT2D eigenvalue weighted by molar-refractivity contribution is -0.131. The quantitative estimate of drug-likeness (QED) is 0.303. The van der Waals surface area contributed by atoms with E-state index >= 15 is 0 Å². The molecule has 8 nitrogen and oxygen atoms in total. The molecule has 1 aliphatic heterocycles. The monoisotopic (exact) mass is 480 g/mol. The Balaban J connectivity index is 2.04. The van der Waals surface area contributed by atoms with E-state index in [0.29, 0.717) is 49.9 Å². The lowest BCUT2D eigenvalue weighted by Crippen LogP contribution is -2.37. The standard InChI is InChI=1S/C24H40N4O4S/c1-8-14-28(9-2)20(29)12-10-11-13-26-23(25)27-33(30,31)22-17(4)16(3)21-19(18(22)5)15-24(6,7)32-21/h8-15H2,1-7H3,(H3,25,26,27). The number of hydrogen-bond acceptors (Lipinski definition) is 5. The minimum absolute atomic E-state index is 0.141. The Kier molecular flexibility index (Phi) is 8.79. The number of amides is 1. The SMILES string of the molecule is CCCN(CC)C(=O)CCCCN=C(N)NS(=O)(=O)c1c(C)c(C)c2c(c1C)CC(C)(C)O2. The Labute approximate surface area is 199 Å². The molecule has 0 atom stereocenters. The second kappa shape index (κ2) is 10.8. The highest BCUT2D eigenvalue weighted by molar-refractivity contribution is 7.90. The highest BCUT2D eigenvalue weighted by Gasteiger charge is 2.36. The molecule has 1 aliphatic rings. The molecular weight excluding hydrogens is 440 g/mol. The average molecular weight is 481 g/mol. The van der Waals surface area contributed by atoms with Crippen molar-refractivity contribution < 1.29 is 17.9 Å². The lowest BCUT2D eigenvalue weighted by Gasteiger charge is -2.19. The molecular formula is C24H40N4O4S. The number of aliphatic imine (C=N–C) groups is 1. The van der Waals surface area contributed by atoms with Crippen molar-refractivity contribution in [3.8, 4) is 5.75 Å². The van der Waals surface area contributed by atoms with E-state index in [9.17, 15) is 13.2 Å². The molecule has 33 heavy (non-hydrogen) atoms. The first-order valence-electron chi connectivity index (χ1n) is 11.8. The number of nitrogens with one attached hydrogen (secondary N) is 1. The molecule has 3 N–H and O–H groups in total. The summed E-state index contributed by atoms with van der Waals surface area (Å²) in [5.74, 6) is 0.781. The number of carbonyl (C=O) groups excluding carboxylic acids is 1. The average Bonchev–Trinajstić information content (AvgIpc) is 3.05. The second-order valence-corrected chi connectivity index (χ2v) is 11.0. The van der Waals surface area contributed by atoms with Gasteiger partial charge < -0.3 is 15.4 Å². The van der Waals surface area contributed by atoms with Crippen LogP contribution < -0.4 is 15.2 Å². The maximum absolute atomic E-state index is 13.2. The zero-order chi connectivity index (χ0) is 25.0. The normalized spacial score (nSPS) is 15.2. The van der Waals surface area contributed by atoms with Crippen LogP contribution in [-0.4, -0.2) is 50.4 Å². The summed E-state index contributed by atoms with van der Waals surface area (Å²) in [6, 6.07) is 0. The van der Waals surface area contributed by atoms with Gasteiger partial charge in [0, 0.05) is 38.0 Å². The molecule has 186 valence electrons. The Morgan fingerprint density at radius 1 is 1.15 bits per heavy atom. The van der Waals surface area contributed by atoms with E-state index in [1.807, 2.05) is 39.5 Å². The molecule has 1 aromatic rings. The second-order valence-electron chi connectivity index (χ2n) is 9.35. The van der Waals surface area contributed by atoms with E-state index in [1.54, 1.807) is 6.92 Å². The number of fused-ring (bicyclic) bond motifs is 1. The van der Waals surface area contributed by atoms with E-state index in [4.69, 9.17) is 10.5 Å². The van der Waals surface area contributed by atoms with Crippen molar-refractivity contribution in [1.29, 1.82) is 0 Å². The predicted molar refractivity (Wildman–Crippen MR) is 132 cm³/mol. The largest absolute Gasteiger partial charge is 0.487 e. The van der Waals surface area contributed by atoms with Crippen LogP contribution >= 0.6 is 0 Å². The maximum Gasteiger partial charge on any atom is 0.264 e. The molecule has 2 rings (SSSR count). The third kappa shape index (κ3) is 6.40. The van der Waals surface area contributed by atoms with E-state index in [-0.39, 0.29) is 22.4 Å². The summed E-state index contributed by atoms with van der Waals surface area (Å²) in [7, 11) is -3.90. The minimum Gasteiger partial charge on any atom is -0.487 e. The first-order valence-corrected chi connectivity index (χ1v) is 13.2. The molecule has 0 fully saturated rings. The van der Waals surface area contributed by atoms with Gasteiger partial charge in [0.15, 0.2) is 0 Å². The summed E-state index contributed by atoms with van der Waals surface area (Å²) in [6.45, 7) is 15.3. The third-order valence-electron chi connectivity index (χ3n) is 6.11. The highest BCUT2D eigenvalue weighted by Crippen LogP contribution is 2.43. The molecule has 0 bridgehead atoms. The summed E-state index contributed by atoms with van der Waals surface area (Å²) in [5, 5.41) is 0. The molecule has 1 heterocycles. The zero-order valence-corrected chi connectivity index (χ0v) is 22.0. The van der Waals surface area contributed by atoms with Gasteiger partial charge in [-0.1, -0.05) is 6.92 Å². The van der Waals surface area contributed by atoms with Gasteiger partial charge in [0.1, 0.15) is 11.4 Å². The molecule has 0 aliphatic carbocycles. The number of ether oxygens (including phenoxy) is 1. The molecule has 1 amide bonds. The third-order valence-corrected chi connectivity index (χ3v) is 7.74. The van der Waals surface area contributed by atoms with Gasteiger partial charge in [-0.25, -0.2) is 13.1 Å². The van der Waals surface area contributed by atoms with E-state index in [1.165, 1.54) is 0 Å². The Hall–Kier alpha value is -2.29. The van der Waals surface area contributed by atoms with Crippen molar-refractivity contribution in [3.05, 3.63) is 22.3 Å². The summed E-state index contributed by atoms with van der Waals surface area (Å²) in [6.07, 6.45) is 3.38. The number of unbranched alkanes of at least 4 members (excludes halogenated alkanes) is 1. The summed E-state index contributed by atoms with van der Waals surface area (Å²) in [4.78, 5) is 18.4. The number of benzene rings is 1. The number of nitrogens with two attached hydrogens (primary N) is 1. The summed E-state index contributed by atoms with van der Waals surface area (Å²) >= 11 is 0. The predicted octanol–water partition coefficient (Wildman–Crippen LogP) is 3.35. The molecule has 1 aromatic carbocycles. The van der Waals surface area contributed by atoms with Crippen LogP contribution in [0.5, 0.6) is 5.75 Å². The van der Waals surface area contributed by atoms with Gasteiger partial charge >= 0.3 is 0 Å². The fourth-order valence-corrected chi connectivity index (χ4v) is 5.87. The van der Waals surface area contributed by atoms with Crippen LogP contribution in [0.15, 0.2) is 9.89 Å². The molecule has 0 aromatic heterocycles. The smallest absolute Gasteiger partial charge is 0.264 e. The molecule has 0 unspecified atom stereocenters. The van der Waals surface area contributed by atoms with Crippen LogP contribution in [0.4, 0.5) is 0 Å². The van der Waals surface area contributed by atoms with E-state index in [2.05, 4.69) is 16.6 Å². The lowest BCUT2D eigenvalue weighted by atomic mass is 9.94. The van der Waals surface area contributed by atoms with Crippen LogP contribution in [0.25, 0.3) is 0 Å². The van der Waals surface area contributed by atoms with Gasteiger partial charge in [-0.05, 0) is 77.5 Å². The molecule has 0 saturated carbocycles. The number of hydrogen-bond donors (Lipinski definition) is 2.